The van der Waals surface area contributed by atoms with Crippen LogP contribution < -0.4 is 5.32 Å². The monoisotopic (exact) mass is 308 g/mol. The van der Waals surface area contributed by atoms with E-state index in [4.69, 9.17) is 11.6 Å². The molecule has 3 heteroatoms. The number of nitrogens with zero attached hydrogens (tertiary/aromatic N) is 1. The Morgan fingerprint density at radius 2 is 2.00 bits per heavy atom. The topological polar surface area (TPSA) is 15.3 Å². The molecule has 1 aromatic carbocycles. The van der Waals surface area contributed by atoms with Crippen LogP contribution in [0, 0.1) is 5.92 Å². The summed E-state index contributed by atoms with van der Waals surface area (Å²) in [6.45, 7) is 10.1. The molecule has 1 N–H and O–H groups in total. The first-order valence-corrected chi connectivity index (χ1v) is 8.71. The quantitative estimate of drug-likeness (QED) is 0.722. The van der Waals surface area contributed by atoms with Gasteiger partial charge in [0.1, 0.15) is 0 Å². The second kappa shape index (κ2) is 8.17. The molecule has 0 amide bonds. The highest BCUT2D eigenvalue weighted by molar-refractivity contribution is 6.31. The smallest absolute Gasteiger partial charge is 0.0453 e. The number of halogens is 1. The van der Waals surface area contributed by atoms with E-state index in [1.54, 1.807) is 0 Å². The van der Waals surface area contributed by atoms with Gasteiger partial charge in [-0.15, -0.1) is 0 Å². The first kappa shape index (κ1) is 16.8. The van der Waals surface area contributed by atoms with Gasteiger partial charge in [-0.3, -0.25) is 0 Å². The van der Waals surface area contributed by atoms with Gasteiger partial charge in [-0.25, -0.2) is 0 Å². The molecule has 1 aliphatic carbocycles. The van der Waals surface area contributed by atoms with Gasteiger partial charge in [0.25, 0.3) is 0 Å². The van der Waals surface area contributed by atoms with Crippen molar-refractivity contribution >= 4 is 11.6 Å². The van der Waals surface area contributed by atoms with E-state index in [1.807, 2.05) is 12.1 Å². The largest absolute Gasteiger partial charge is 0.310 e. The molecule has 118 valence electrons. The molecule has 1 unspecified atom stereocenters. The molecule has 21 heavy (non-hydrogen) atoms. The molecule has 1 aromatic rings. The normalized spacial score (nSPS) is 16.7. The maximum atomic E-state index is 6.38. The Bertz CT molecular complexity index is 429. The molecule has 0 aliphatic heterocycles. The van der Waals surface area contributed by atoms with E-state index in [2.05, 4.69) is 43.1 Å². The molecule has 0 spiro atoms. The minimum absolute atomic E-state index is 0.358. The van der Waals surface area contributed by atoms with Crippen molar-refractivity contribution in [2.75, 3.05) is 19.6 Å². The minimum atomic E-state index is 0.358. The third-order valence-corrected chi connectivity index (χ3v) is 4.44. The van der Waals surface area contributed by atoms with Gasteiger partial charge in [-0.2, -0.15) is 0 Å². The van der Waals surface area contributed by atoms with Crippen molar-refractivity contribution in [3.05, 3.63) is 34.9 Å². The maximum absolute atomic E-state index is 6.38. The van der Waals surface area contributed by atoms with Gasteiger partial charge in [0, 0.05) is 30.2 Å². The van der Waals surface area contributed by atoms with Gasteiger partial charge in [0.15, 0.2) is 0 Å². The van der Waals surface area contributed by atoms with Crippen LogP contribution in [0.3, 0.4) is 0 Å². The molecule has 0 radical (unpaired) electrons. The zero-order valence-corrected chi connectivity index (χ0v) is 14.4. The lowest BCUT2D eigenvalue weighted by atomic mass is 10.0. The second-order valence-electron chi connectivity index (χ2n) is 6.54. The molecular weight excluding hydrogens is 280 g/mol. The number of hydrogen-bond acceptors (Lipinski definition) is 2. The van der Waals surface area contributed by atoms with E-state index in [-0.39, 0.29) is 0 Å². The van der Waals surface area contributed by atoms with Crippen molar-refractivity contribution < 1.29 is 0 Å². The lowest BCUT2D eigenvalue weighted by Gasteiger charge is -2.27. The third-order valence-electron chi connectivity index (χ3n) is 4.10. The van der Waals surface area contributed by atoms with E-state index in [9.17, 15) is 0 Å². The van der Waals surface area contributed by atoms with E-state index in [0.29, 0.717) is 6.04 Å². The number of benzene rings is 1. The standard InChI is InChI=1S/C18H29ClN2/c1-4-20-18(16-7-5-6-8-17(16)19)11-12-21(13-14(2)3)15-9-10-15/h5-8,14-15,18,20H,4,9-13H2,1-3H3. The Hall–Kier alpha value is -0.570. The van der Waals surface area contributed by atoms with Gasteiger partial charge in [-0.1, -0.05) is 50.6 Å². The Morgan fingerprint density at radius 3 is 2.57 bits per heavy atom. The molecule has 2 nitrogen and oxygen atoms in total. The van der Waals surface area contributed by atoms with Crippen molar-refractivity contribution in [1.29, 1.82) is 0 Å². The fraction of sp³-hybridized carbons (Fsp3) is 0.667. The highest BCUT2D eigenvalue weighted by atomic mass is 35.5. The van der Waals surface area contributed by atoms with E-state index < -0.39 is 0 Å². The highest BCUT2D eigenvalue weighted by Crippen LogP contribution is 2.30. The lowest BCUT2D eigenvalue weighted by molar-refractivity contribution is 0.222. The fourth-order valence-corrected chi connectivity index (χ4v) is 3.27. The first-order valence-electron chi connectivity index (χ1n) is 8.33. The average molecular weight is 309 g/mol. The molecule has 1 saturated carbocycles. The fourth-order valence-electron chi connectivity index (χ4n) is 3.00. The summed E-state index contributed by atoms with van der Waals surface area (Å²) in [4.78, 5) is 2.67. The summed E-state index contributed by atoms with van der Waals surface area (Å²) in [5, 5.41) is 4.48. The highest BCUT2D eigenvalue weighted by Gasteiger charge is 2.29. The van der Waals surface area contributed by atoms with Gasteiger partial charge in [0.05, 0.1) is 0 Å². The molecule has 0 saturated heterocycles. The predicted octanol–water partition coefficient (Wildman–Crippen LogP) is 4.50. The first-order chi connectivity index (χ1) is 10.1. The third kappa shape index (κ3) is 5.28. The Morgan fingerprint density at radius 1 is 1.29 bits per heavy atom. The van der Waals surface area contributed by atoms with Crippen LogP contribution in [0.15, 0.2) is 24.3 Å². The van der Waals surface area contributed by atoms with Crippen LogP contribution in [0.1, 0.15) is 51.6 Å². The average Bonchev–Trinajstić information content (AvgIpc) is 3.27. The van der Waals surface area contributed by atoms with E-state index in [0.717, 1.165) is 36.5 Å². The number of nitrogens with one attached hydrogen (secondary N) is 1. The molecule has 1 aliphatic rings. The molecule has 2 rings (SSSR count). The van der Waals surface area contributed by atoms with Crippen LogP contribution >= 0.6 is 11.6 Å². The van der Waals surface area contributed by atoms with Gasteiger partial charge in [0.2, 0.25) is 0 Å². The van der Waals surface area contributed by atoms with Crippen molar-refractivity contribution in [3.8, 4) is 0 Å². The predicted molar refractivity (Wildman–Crippen MR) is 91.9 cm³/mol. The molecule has 0 heterocycles. The van der Waals surface area contributed by atoms with E-state index in [1.165, 1.54) is 24.9 Å². The van der Waals surface area contributed by atoms with Crippen LogP contribution in [0.5, 0.6) is 0 Å². The van der Waals surface area contributed by atoms with Crippen molar-refractivity contribution in [3.63, 3.8) is 0 Å². The summed E-state index contributed by atoms with van der Waals surface area (Å²) in [6.07, 6.45) is 3.89. The molecule has 0 bridgehead atoms. The van der Waals surface area contributed by atoms with Crippen LogP contribution in [0.2, 0.25) is 5.02 Å². The van der Waals surface area contributed by atoms with Crippen LogP contribution in [0.4, 0.5) is 0 Å². The van der Waals surface area contributed by atoms with Gasteiger partial charge < -0.3 is 10.2 Å². The maximum Gasteiger partial charge on any atom is 0.0453 e. The van der Waals surface area contributed by atoms with Crippen molar-refractivity contribution in [2.45, 2.75) is 52.1 Å². The minimum Gasteiger partial charge on any atom is -0.310 e. The summed E-state index contributed by atoms with van der Waals surface area (Å²) in [6, 6.07) is 9.42. The molecule has 0 aromatic heterocycles. The summed E-state index contributed by atoms with van der Waals surface area (Å²) in [7, 11) is 0. The van der Waals surface area contributed by atoms with Gasteiger partial charge in [-0.05, 0) is 43.4 Å². The summed E-state index contributed by atoms with van der Waals surface area (Å²) in [5.74, 6) is 0.739. The van der Waals surface area contributed by atoms with Crippen LogP contribution in [0.25, 0.3) is 0 Å². The molecular formula is C18H29ClN2. The SMILES string of the molecule is CCNC(CCN(CC(C)C)C1CC1)c1ccccc1Cl. The van der Waals surface area contributed by atoms with Crippen LogP contribution in [-0.4, -0.2) is 30.6 Å². The molecule has 1 fully saturated rings. The summed E-state index contributed by atoms with van der Waals surface area (Å²) < 4.78 is 0. The van der Waals surface area contributed by atoms with E-state index >= 15 is 0 Å². The Kier molecular flexibility index (Phi) is 6.53. The summed E-state index contributed by atoms with van der Waals surface area (Å²) >= 11 is 6.38. The second-order valence-corrected chi connectivity index (χ2v) is 6.95. The Balaban J connectivity index is 1.97. The summed E-state index contributed by atoms with van der Waals surface area (Å²) in [5.41, 5.74) is 1.24. The Labute approximate surface area is 134 Å². The number of rotatable bonds is 9. The van der Waals surface area contributed by atoms with Gasteiger partial charge >= 0.3 is 0 Å². The lowest BCUT2D eigenvalue weighted by Crippen LogP contribution is -2.33. The van der Waals surface area contributed by atoms with Crippen molar-refractivity contribution in [2.24, 2.45) is 5.92 Å². The zero-order chi connectivity index (χ0) is 15.2. The number of hydrogen-bond donors (Lipinski definition) is 1. The van der Waals surface area contributed by atoms with Crippen molar-refractivity contribution in [1.82, 2.24) is 10.2 Å². The zero-order valence-electron chi connectivity index (χ0n) is 13.6. The van der Waals surface area contributed by atoms with Crippen LogP contribution in [-0.2, 0) is 0 Å². The molecule has 1 atom stereocenters.